The van der Waals surface area contributed by atoms with E-state index in [1.807, 2.05) is 24.3 Å². The van der Waals surface area contributed by atoms with Gasteiger partial charge in [-0.05, 0) is 56.3 Å². The average molecular weight is 395 g/mol. The summed E-state index contributed by atoms with van der Waals surface area (Å²) in [7, 11) is 1.63. The van der Waals surface area contributed by atoms with Crippen LogP contribution in [0, 0.1) is 5.92 Å². The van der Waals surface area contributed by atoms with Crippen molar-refractivity contribution in [3.8, 4) is 16.6 Å². The number of nitrogens with zero attached hydrogens (tertiary/aromatic N) is 4. The summed E-state index contributed by atoms with van der Waals surface area (Å²) in [6.07, 6.45) is 5.22. The number of rotatable bonds is 6. The number of aromatic nitrogens is 3. The zero-order valence-electron chi connectivity index (χ0n) is 15.7. The molecule has 0 saturated carbocycles. The lowest BCUT2D eigenvalue weighted by Crippen LogP contribution is -2.36. The van der Waals surface area contributed by atoms with Crippen molar-refractivity contribution in [2.75, 3.05) is 20.2 Å². The Morgan fingerprint density at radius 2 is 1.89 bits per heavy atom. The van der Waals surface area contributed by atoms with Crippen LogP contribution in [-0.2, 0) is 6.54 Å². The van der Waals surface area contributed by atoms with Crippen molar-refractivity contribution in [1.82, 2.24) is 19.9 Å². The first kappa shape index (κ1) is 18.7. The Morgan fingerprint density at radius 3 is 2.57 bits per heavy atom. The SMILES string of the molecule is COc1ccc(C(=O)C2CCN(Cc3csc(-c4ncccn4)n3)CC2)cc1. The zero-order valence-corrected chi connectivity index (χ0v) is 16.6. The Balaban J connectivity index is 1.32. The smallest absolute Gasteiger partial charge is 0.188 e. The van der Waals surface area contributed by atoms with Crippen LogP contribution in [0.25, 0.3) is 10.8 Å². The highest BCUT2D eigenvalue weighted by Gasteiger charge is 2.26. The van der Waals surface area contributed by atoms with Crippen LogP contribution in [0.4, 0.5) is 0 Å². The van der Waals surface area contributed by atoms with E-state index in [0.717, 1.165) is 54.5 Å². The van der Waals surface area contributed by atoms with Crippen LogP contribution in [0.2, 0.25) is 0 Å². The molecule has 0 N–H and O–H groups in total. The van der Waals surface area contributed by atoms with Crippen molar-refractivity contribution in [1.29, 1.82) is 0 Å². The van der Waals surface area contributed by atoms with Gasteiger partial charge in [-0.1, -0.05) is 0 Å². The minimum absolute atomic E-state index is 0.0911. The van der Waals surface area contributed by atoms with Crippen molar-refractivity contribution in [2.45, 2.75) is 19.4 Å². The number of likely N-dealkylation sites (tertiary alicyclic amines) is 1. The number of hydrogen-bond donors (Lipinski definition) is 0. The number of piperidine rings is 1. The number of hydrogen-bond acceptors (Lipinski definition) is 7. The molecule has 0 atom stereocenters. The van der Waals surface area contributed by atoms with Gasteiger partial charge in [-0.15, -0.1) is 11.3 Å². The molecule has 0 unspecified atom stereocenters. The lowest BCUT2D eigenvalue weighted by molar-refractivity contribution is 0.0834. The van der Waals surface area contributed by atoms with Crippen LogP contribution in [-0.4, -0.2) is 45.8 Å². The molecule has 0 bridgehead atoms. The molecule has 3 heterocycles. The van der Waals surface area contributed by atoms with E-state index in [1.54, 1.807) is 36.9 Å². The maximum atomic E-state index is 12.7. The number of carbonyl (C=O) groups is 1. The van der Waals surface area contributed by atoms with E-state index in [2.05, 4.69) is 25.2 Å². The summed E-state index contributed by atoms with van der Waals surface area (Å²) in [6.45, 7) is 2.61. The Kier molecular flexibility index (Phi) is 5.73. The number of ketones is 1. The molecule has 28 heavy (non-hydrogen) atoms. The molecule has 1 aromatic carbocycles. The minimum atomic E-state index is 0.0911. The lowest BCUT2D eigenvalue weighted by Gasteiger charge is -2.30. The first-order valence-electron chi connectivity index (χ1n) is 9.35. The summed E-state index contributed by atoms with van der Waals surface area (Å²) in [5.74, 6) is 1.77. The fourth-order valence-corrected chi connectivity index (χ4v) is 4.22. The van der Waals surface area contributed by atoms with Gasteiger partial charge >= 0.3 is 0 Å². The molecule has 0 amide bonds. The van der Waals surface area contributed by atoms with E-state index < -0.39 is 0 Å². The largest absolute Gasteiger partial charge is 0.497 e. The summed E-state index contributed by atoms with van der Waals surface area (Å²) in [4.78, 5) is 28.3. The number of ether oxygens (including phenoxy) is 1. The van der Waals surface area contributed by atoms with E-state index in [-0.39, 0.29) is 11.7 Å². The summed E-state index contributed by atoms with van der Waals surface area (Å²) < 4.78 is 5.16. The predicted octanol–water partition coefficient (Wildman–Crippen LogP) is 3.70. The highest BCUT2D eigenvalue weighted by atomic mass is 32.1. The van der Waals surface area contributed by atoms with Gasteiger partial charge in [0.15, 0.2) is 16.6 Å². The van der Waals surface area contributed by atoms with E-state index >= 15 is 0 Å². The average Bonchev–Trinajstić information content (AvgIpc) is 3.23. The second-order valence-electron chi connectivity index (χ2n) is 6.86. The van der Waals surface area contributed by atoms with Gasteiger partial charge in [0.1, 0.15) is 5.75 Å². The second kappa shape index (κ2) is 8.58. The third kappa shape index (κ3) is 4.26. The maximum absolute atomic E-state index is 12.7. The van der Waals surface area contributed by atoms with E-state index in [1.165, 1.54) is 0 Å². The number of benzene rings is 1. The quantitative estimate of drug-likeness (QED) is 0.594. The molecule has 2 aromatic heterocycles. The van der Waals surface area contributed by atoms with Gasteiger partial charge in [0.2, 0.25) is 0 Å². The van der Waals surface area contributed by atoms with Crippen LogP contribution in [0.3, 0.4) is 0 Å². The molecule has 1 fully saturated rings. The summed E-state index contributed by atoms with van der Waals surface area (Å²) in [6, 6.07) is 9.21. The van der Waals surface area contributed by atoms with Gasteiger partial charge < -0.3 is 4.74 Å². The standard InChI is InChI=1S/C21H22N4O2S/c1-27-18-5-3-15(4-6-18)19(26)16-7-11-25(12-8-16)13-17-14-28-21(24-17)20-22-9-2-10-23-20/h2-6,9-10,14,16H,7-8,11-13H2,1H3. The molecule has 4 rings (SSSR count). The van der Waals surface area contributed by atoms with E-state index in [9.17, 15) is 4.79 Å². The molecule has 1 aliphatic heterocycles. The molecule has 0 radical (unpaired) electrons. The van der Waals surface area contributed by atoms with Crippen molar-refractivity contribution < 1.29 is 9.53 Å². The normalized spacial score (nSPS) is 15.5. The highest BCUT2D eigenvalue weighted by Crippen LogP contribution is 2.25. The highest BCUT2D eigenvalue weighted by molar-refractivity contribution is 7.13. The molecule has 1 saturated heterocycles. The lowest BCUT2D eigenvalue weighted by atomic mass is 9.89. The van der Waals surface area contributed by atoms with Gasteiger partial charge in [0.25, 0.3) is 0 Å². The Bertz CT molecular complexity index is 919. The fraction of sp³-hybridized carbons (Fsp3) is 0.333. The van der Waals surface area contributed by atoms with Gasteiger partial charge in [-0.3, -0.25) is 9.69 Å². The van der Waals surface area contributed by atoms with E-state index in [0.29, 0.717) is 5.82 Å². The van der Waals surface area contributed by atoms with Crippen molar-refractivity contribution >= 4 is 17.1 Å². The van der Waals surface area contributed by atoms with Crippen molar-refractivity contribution in [2.24, 2.45) is 5.92 Å². The molecule has 1 aliphatic rings. The van der Waals surface area contributed by atoms with Crippen LogP contribution >= 0.6 is 11.3 Å². The topological polar surface area (TPSA) is 68.2 Å². The predicted molar refractivity (Wildman–Crippen MR) is 108 cm³/mol. The van der Waals surface area contributed by atoms with Crippen molar-refractivity contribution in [3.05, 3.63) is 59.4 Å². The summed E-state index contributed by atoms with van der Waals surface area (Å²) in [5.41, 5.74) is 1.80. The minimum Gasteiger partial charge on any atom is -0.497 e. The van der Waals surface area contributed by atoms with Gasteiger partial charge in [-0.25, -0.2) is 15.0 Å². The molecular formula is C21H22N4O2S. The van der Waals surface area contributed by atoms with Crippen LogP contribution < -0.4 is 4.74 Å². The molecule has 144 valence electrons. The van der Waals surface area contributed by atoms with Gasteiger partial charge in [-0.2, -0.15) is 0 Å². The first-order valence-corrected chi connectivity index (χ1v) is 10.2. The van der Waals surface area contributed by atoms with Crippen LogP contribution in [0.15, 0.2) is 48.1 Å². The van der Waals surface area contributed by atoms with Crippen molar-refractivity contribution in [3.63, 3.8) is 0 Å². The Labute approximate surface area is 168 Å². The zero-order chi connectivity index (χ0) is 19.3. The van der Waals surface area contributed by atoms with Gasteiger partial charge in [0, 0.05) is 35.8 Å². The maximum Gasteiger partial charge on any atom is 0.188 e. The number of carbonyl (C=O) groups excluding carboxylic acids is 1. The number of Topliss-reactive ketones (excluding diaryl/α,β-unsaturated/α-hetero) is 1. The molecular weight excluding hydrogens is 372 g/mol. The first-order chi connectivity index (χ1) is 13.7. The summed E-state index contributed by atoms with van der Waals surface area (Å²) in [5, 5.41) is 2.92. The second-order valence-corrected chi connectivity index (χ2v) is 7.72. The molecule has 0 aliphatic carbocycles. The molecule has 0 spiro atoms. The third-order valence-corrected chi connectivity index (χ3v) is 5.91. The molecule has 6 nitrogen and oxygen atoms in total. The van der Waals surface area contributed by atoms with Gasteiger partial charge in [0.05, 0.1) is 12.8 Å². The van der Waals surface area contributed by atoms with Crippen LogP contribution in [0.5, 0.6) is 5.75 Å². The van der Waals surface area contributed by atoms with E-state index in [4.69, 9.17) is 4.74 Å². The summed E-state index contributed by atoms with van der Waals surface area (Å²) >= 11 is 1.57. The molecule has 3 aromatic rings. The fourth-order valence-electron chi connectivity index (χ4n) is 3.47. The molecule has 7 heteroatoms. The Morgan fingerprint density at radius 1 is 1.18 bits per heavy atom. The monoisotopic (exact) mass is 394 g/mol. The van der Waals surface area contributed by atoms with Crippen LogP contribution in [0.1, 0.15) is 28.9 Å². The third-order valence-electron chi connectivity index (χ3n) is 5.03. The number of thiazole rings is 1. The number of methoxy groups -OCH3 is 1. The Hall–Kier alpha value is -2.64.